The highest BCUT2D eigenvalue weighted by molar-refractivity contribution is 5.81. The van der Waals surface area contributed by atoms with E-state index in [1.165, 1.54) is 0 Å². The second-order valence-electron chi connectivity index (χ2n) is 4.78. The molecule has 1 amide bonds. The quantitative estimate of drug-likeness (QED) is 0.745. The minimum atomic E-state index is -0.379. The molecule has 0 bridgehead atoms. The lowest BCUT2D eigenvalue weighted by atomic mass is 10.1. The van der Waals surface area contributed by atoms with E-state index in [9.17, 15) is 4.79 Å². The first kappa shape index (κ1) is 14.8. The summed E-state index contributed by atoms with van der Waals surface area (Å²) in [5.41, 5.74) is 5.81. The third-order valence-electron chi connectivity index (χ3n) is 3.00. The van der Waals surface area contributed by atoms with Gasteiger partial charge in [-0.25, -0.2) is 0 Å². The summed E-state index contributed by atoms with van der Waals surface area (Å²) in [4.78, 5) is 11.8. The molecule has 0 aliphatic heterocycles. The fourth-order valence-corrected chi connectivity index (χ4v) is 1.79. The summed E-state index contributed by atoms with van der Waals surface area (Å²) in [5, 5.41) is 2.95. The second-order valence-corrected chi connectivity index (χ2v) is 4.78. The molecule has 102 valence electrons. The van der Waals surface area contributed by atoms with Gasteiger partial charge >= 0.3 is 0 Å². The minimum Gasteiger partial charge on any atom is -0.469 e. The van der Waals surface area contributed by atoms with Gasteiger partial charge in [-0.05, 0) is 31.9 Å². The minimum absolute atomic E-state index is 0.0459. The molecule has 0 aromatic carbocycles. The van der Waals surface area contributed by atoms with Gasteiger partial charge in [0.05, 0.1) is 12.3 Å². The average molecular weight is 252 g/mol. The van der Waals surface area contributed by atoms with Crippen LogP contribution in [0.4, 0.5) is 0 Å². The van der Waals surface area contributed by atoms with E-state index in [1.807, 2.05) is 19.1 Å². The number of furan rings is 1. The summed E-state index contributed by atoms with van der Waals surface area (Å²) in [5.74, 6) is 0.904. The monoisotopic (exact) mass is 252 g/mol. The molecule has 2 atom stereocenters. The van der Waals surface area contributed by atoms with E-state index in [0.717, 1.165) is 37.9 Å². The molecule has 0 saturated carbocycles. The first-order valence-corrected chi connectivity index (χ1v) is 6.71. The Labute approximate surface area is 109 Å². The molecule has 0 spiro atoms. The standard InChI is InChI=1S/C14H24N2O2/c1-3-4-7-13(15)14(17)16-11(2)8-9-12-6-5-10-18-12/h5-6,10-11,13H,3-4,7-9,15H2,1-2H3,(H,16,17). The molecule has 4 nitrogen and oxygen atoms in total. The Kier molecular flexibility index (Phi) is 6.50. The van der Waals surface area contributed by atoms with E-state index in [-0.39, 0.29) is 18.0 Å². The summed E-state index contributed by atoms with van der Waals surface area (Å²) in [6.07, 6.45) is 6.18. The van der Waals surface area contributed by atoms with Crippen LogP contribution in [-0.4, -0.2) is 18.0 Å². The topological polar surface area (TPSA) is 68.3 Å². The van der Waals surface area contributed by atoms with Crippen LogP contribution in [0, 0.1) is 0 Å². The second kappa shape index (κ2) is 7.93. The maximum Gasteiger partial charge on any atom is 0.237 e. The first-order chi connectivity index (χ1) is 8.63. The molecule has 0 aliphatic carbocycles. The summed E-state index contributed by atoms with van der Waals surface area (Å²) in [7, 11) is 0. The predicted octanol–water partition coefficient (Wildman–Crippen LogP) is 2.23. The van der Waals surface area contributed by atoms with Gasteiger partial charge in [0.25, 0.3) is 0 Å². The molecular formula is C14H24N2O2. The highest BCUT2D eigenvalue weighted by Gasteiger charge is 2.15. The normalized spacial score (nSPS) is 14.2. The highest BCUT2D eigenvalue weighted by Crippen LogP contribution is 2.06. The lowest BCUT2D eigenvalue weighted by Crippen LogP contribution is -2.44. The summed E-state index contributed by atoms with van der Waals surface area (Å²) in [6, 6.07) is 3.56. The van der Waals surface area contributed by atoms with Crippen molar-refractivity contribution in [3.63, 3.8) is 0 Å². The third-order valence-corrected chi connectivity index (χ3v) is 3.00. The van der Waals surface area contributed by atoms with Gasteiger partial charge in [-0.2, -0.15) is 0 Å². The molecule has 1 aromatic heterocycles. The van der Waals surface area contributed by atoms with Crippen molar-refractivity contribution in [3.8, 4) is 0 Å². The van der Waals surface area contributed by atoms with E-state index >= 15 is 0 Å². The van der Waals surface area contributed by atoms with Crippen LogP contribution in [0.3, 0.4) is 0 Å². The Hall–Kier alpha value is -1.29. The van der Waals surface area contributed by atoms with Gasteiger partial charge in [-0.15, -0.1) is 0 Å². The maximum absolute atomic E-state index is 11.8. The van der Waals surface area contributed by atoms with Crippen molar-refractivity contribution >= 4 is 5.91 Å². The number of nitrogens with one attached hydrogen (secondary N) is 1. The number of nitrogens with two attached hydrogens (primary N) is 1. The maximum atomic E-state index is 11.8. The van der Waals surface area contributed by atoms with Gasteiger partial charge < -0.3 is 15.5 Å². The van der Waals surface area contributed by atoms with Crippen molar-refractivity contribution in [2.24, 2.45) is 5.73 Å². The Balaban J connectivity index is 2.22. The van der Waals surface area contributed by atoms with Crippen LogP contribution in [-0.2, 0) is 11.2 Å². The third kappa shape index (κ3) is 5.36. The van der Waals surface area contributed by atoms with Gasteiger partial charge in [0.15, 0.2) is 0 Å². The van der Waals surface area contributed by atoms with Gasteiger partial charge in [0, 0.05) is 12.5 Å². The molecule has 1 aromatic rings. The summed E-state index contributed by atoms with van der Waals surface area (Å²) >= 11 is 0. The number of unbranched alkanes of at least 4 members (excludes halogenated alkanes) is 1. The van der Waals surface area contributed by atoms with Gasteiger partial charge in [-0.1, -0.05) is 19.8 Å². The Morgan fingerprint density at radius 3 is 2.89 bits per heavy atom. The number of amides is 1. The van der Waals surface area contributed by atoms with Crippen molar-refractivity contribution in [3.05, 3.63) is 24.2 Å². The van der Waals surface area contributed by atoms with Crippen LogP contribution in [0.2, 0.25) is 0 Å². The van der Waals surface area contributed by atoms with Crippen LogP contribution in [0.5, 0.6) is 0 Å². The van der Waals surface area contributed by atoms with Crippen LogP contribution < -0.4 is 11.1 Å². The van der Waals surface area contributed by atoms with Crippen LogP contribution >= 0.6 is 0 Å². The molecule has 18 heavy (non-hydrogen) atoms. The van der Waals surface area contributed by atoms with Crippen molar-refractivity contribution < 1.29 is 9.21 Å². The number of rotatable bonds is 8. The van der Waals surface area contributed by atoms with Gasteiger partial charge in [0.2, 0.25) is 5.91 Å². The van der Waals surface area contributed by atoms with E-state index in [2.05, 4.69) is 12.2 Å². The van der Waals surface area contributed by atoms with Crippen molar-refractivity contribution in [2.45, 2.75) is 58.0 Å². The Morgan fingerprint density at radius 2 is 2.28 bits per heavy atom. The van der Waals surface area contributed by atoms with E-state index < -0.39 is 0 Å². The number of hydrogen-bond donors (Lipinski definition) is 2. The summed E-state index contributed by atoms with van der Waals surface area (Å²) in [6.45, 7) is 4.09. The Bertz CT molecular complexity index is 336. The molecule has 4 heteroatoms. The smallest absolute Gasteiger partial charge is 0.237 e. The zero-order valence-electron chi connectivity index (χ0n) is 11.3. The Morgan fingerprint density at radius 1 is 1.50 bits per heavy atom. The molecule has 1 rings (SSSR count). The molecule has 1 heterocycles. The SMILES string of the molecule is CCCCC(N)C(=O)NC(C)CCc1ccco1. The summed E-state index contributed by atoms with van der Waals surface area (Å²) < 4.78 is 5.25. The highest BCUT2D eigenvalue weighted by atomic mass is 16.3. The lowest BCUT2D eigenvalue weighted by molar-refractivity contribution is -0.123. The zero-order chi connectivity index (χ0) is 13.4. The molecular weight excluding hydrogens is 228 g/mol. The number of carbonyl (C=O) groups is 1. The fourth-order valence-electron chi connectivity index (χ4n) is 1.79. The van der Waals surface area contributed by atoms with Gasteiger partial charge in [0.1, 0.15) is 5.76 Å². The molecule has 0 aliphatic rings. The number of hydrogen-bond acceptors (Lipinski definition) is 3. The van der Waals surface area contributed by atoms with Crippen molar-refractivity contribution in [1.29, 1.82) is 0 Å². The zero-order valence-corrected chi connectivity index (χ0v) is 11.3. The first-order valence-electron chi connectivity index (χ1n) is 6.71. The molecule has 0 saturated heterocycles. The van der Waals surface area contributed by atoms with E-state index in [4.69, 9.17) is 10.2 Å². The molecule has 3 N–H and O–H groups in total. The largest absolute Gasteiger partial charge is 0.469 e. The van der Waals surface area contributed by atoms with Crippen molar-refractivity contribution in [2.75, 3.05) is 0 Å². The van der Waals surface area contributed by atoms with Crippen LogP contribution in [0.25, 0.3) is 0 Å². The van der Waals surface area contributed by atoms with E-state index in [1.54, 1.807) is 6.26 Å². The lowest BCUT2D eigenvalue weighted by Gasteiger charge is -2.17. The van der Waals surface area contributed by atoms with Crippen LogP contribution in [0.1, 0.15) is 45.3 Å². The van der Waals surface area contributed by atoms with Crippen molar-refractivity contribution in [1.82, 2.24) is 5.32 Å². The predicted molar refractivity (Wildman–Crippen MR) is 72.1 cm³/mol. The molecule has 2 unspecified atom stereocenters. The molecule has 0 fully saturated rings. The fraction of sp³-hybridized carbons (Fsp3) is 0.643. The number of aryl methyl sites for hydroxylation is 1. The number of carbonyl (C=O) groups excluding carboxylic acids is 1. The van der Waals surface area contributed by atoms with Gasteiger partial charge in [-0.3, -0.25) is 4.79 Å². The van der Waals surface area contributed by atoms with Crippen LogP contribution in [0.15, 0.2) is 22.8 Å². The van der Waals surface area contributed by atoms with E-state index in [0.29, 0.717) is 0 Å². The molecule has 0 radical (unpaired) electrons. The average Bonchev–Trinajstić information content (AvgIpc) is 2.86.